The summed E-state index contributed by atoms with van der Waals surface area (Å²) in [7, 11) is 0. The highest BCUT2D eigenvalue weighted by Crippen LogP contribution is 2.31. The molecule has 0 radical (unpaired) electrons. The van der Waals surface area contributed by atoms with Crippen LogP contribution in [0.3, 0.4) is 0 Å². The van der Waals surface area contributed by atoms with E-state index in [4.69, 9.17) is 19.7 Å². The molecular formula is C28H33N5O4. The number of anilines is 1. The van der Waals surface area contributed by atoms with Gasteiger partial charge in [-0.25, -0.2) is 9.78 Å². The van der Waals surface area contributed by atoms with Crippen molar-refractivity contribution >= 4 is 28.6 Å². The highest BCUT2D eigenvalue weighted by atomic mass is 16.6. The van der Waals surface area contributed by atoms with Crippen LogP contribution in [0.1, 0.15) is 43.6 Å². The second kappa shape index (κ2) is 11.9. The molecule has 1 unspecified atom stereocenters. The standard InChI is InChI=1S/C28H33N5O4/c1-3-37-26(34)18-36-19-28(2,27(35)33-14-4-5-15-33)21-8-11-23-24(16-21)32-25(31-23)12-13-30-22-9-6-20(17-29)7-10-22/h6-11,16,30H,3-5,12-15,18-19H2,1-2H3,(H,31,32). The largest absolute Gasteiger partial charge is 0.464 e. The number of esters is 1. The van der Waals surface area contributed by atoms with Gasteiger partial charge in [0.25, 0.3) is 0 Å². The normalized spacial score (nSPS) is 14.8. The van der Waals surface area contributed by atoms with E-state index in [-0.39, 0.29) is 25.7 Å². The zero-order valence-corrected chi connectivity index (χ0v) is 21.4. The fourth-order valence-corrected chi connectivity index (χ4v) is 4.59. The SMILES string of the molecule is CCOC(=O)COCC(C)(C(=O)N1CCCC1)c1ccc2nc(CCNc3ccc(C#N)cc3)[nH]c2c1. The molecule has 2 aromatic carbocycles. The predicted octanol–water partition coefficient (Wildman–Crippen LogP) is 3.55. The molecule has 4 rings (SSSR count). The molecule has 194 valence electrons. The summed E-state index contributed by atoms with van der Waals surface area (Å²) < 4.78 is 10.7. The van der Waals surface area contributed by atoms with Crippen LogP contribution in [0.25, 0.3) is 11.0 Å². The van der Waals surface area contributed by atoms with Gasteiger partial charge in [0.2, 0.25) is 5.91 Å². The number of imidazole rings is 1. The Hall–Kier alpha value is -3.90. The summed E-state index contributed by atoms with van der Waals surface area (Å²) >= 11 is 0. The van der Waals surface area contributed by atoms with Crippen molar-refractivity contribution < 1.29 is 19.1 Å². The van der Waals surface area contributed by atoms with Crippen molar-refractivity contribution in [3.63, 3.8) is 0 Å². The highest BCUT2D eigenvalue weighted by Gasteiger charge is 2.40. The maximum absolute atomic E-state index is 13.6. The molecule has 2 heterocycles. The molecular weight excluding hydrogens is 470 g/mol. The van der Waals surface area contributed by atoms with Crippen LogP contribution in [-0.2, 0) is 30.9 Å². The summed E-state index contributed by atoms with van der Waals surface area (Å²) in [6.07, 6.45) is 2.66. The number of aromatic amines is 1. The number of rotatable bonds is 11. The lowest BCUT2D eigenvalue weighted by Crippen LogP contribution is -2.47. The van der Waals surface area contributed by atoms with E-state index in [0.29, 0.717) is 18.5 Å². The Balaban J connectivity index is 1.48. The Morgan fingerprint density at radius 3 is 2.65 bits per heavy atom. The molecule has 9 heteroatoms. The fourth-order valence-electron chi connectivity index (χ4n) is 4.59. The van der Waals surface area contributed by atoms with Crippen LogP contribution in [-0.4, -0.2) is 66.2 Å². The summed E-state index contributed by atoms with van der Waals surface area (Å²) in [5.74, 6) is 0.390. The first-order valence-corrected chi connectivity index (χ1v) is 12.7. The van der Waals surface area contributed by atoms with Gasteiger partial charge in [0.1, 0.15) is 12.4 Å². The van der Waals surface area contributed by atoms with E-state index < -0.39 is 11.4 Å². The number of ether oxygens (including phenoxy) is 2. The molecule has 0 aliphatic carbocycles. The van der Waals surface area contributed by atoms with E-state index in [2.05, 4.69) is 16.4 Å². The number of nitriles is 1. The maximum Gasteiger partial charge on any atom is 0.332 e. The lowest BCUT2D eigenvalue weighted by atomic mass is 9.81. The Bertz CT molecular complexity index is 1270. The molecule has 37 heavy (non-hydrogen) atoms. The van der Waals surface area contributed by atoms with Crippen LogP contribution in [0.15, 0.2) is 42.5 Å². The van der Waals surface area contributed by atoms with Crippen molar-refractivity contribution in [3.05, 3.63) is 59.4 Å². The average Bonchev–Trinajstić information content (AvgIpc) is 3.58. The molecule has 1 aliphatic rings. The van der Waals surface area contributed by atoms with Crippen molar-refractivity contribution in [2.45, 2.75) is 38.5 Å². The van der Waals surface area contributed by atoms with Crippen LogP contribution in [0, 0.1) is 11.3 Å². The number of amides is 1. The summed E-state index contributed by atoms with van der Waals surface area (Å²) in [6, 6.07) is 15.2. The Morgan fingerprint density at radius 1 is 1.19 bits per heavy atom. The number of aromatic nitrogens is 2. The number of hydrogen-bond acceptors (Lipinski definition) is 7. The van der Waals surface area contributed by atoms with E-state index in [1.165, 1.54) is 0 Å². The van der Waals surface area contributed by atoms with Crippen LogP contribution >= 0.6 is 0 Å². The monoisotopic (exact) mass is 503 g/mol. The molecule has 1 atom stereocenters. The van der Waals surface area contributed by atoms with Crippen molar-refractivity contribution in [3.8, 4) is 6.07 Å². The number of nitrogens with zero attached hydrogens (tertiary/aromatic N) is 3. The highest BCUT2D eigenvalue weighted by molar-refractivity contribution is 5.90. The van der Waals surface area contributed by atoms with Gasteiger partial charge in [-0.15, -0.1) is 0 Å². The molecule has 1 fully saturated rings. The first-order chi connectivity index (χ1) is 17.9. The fraction of sp³-hybridized carbons (Fsp3) is 0.429. The van der Waals surface area contributed by atoms with Crippen molar-refractivity contribution in [1.82, 2.24) is 14.9 Å². The number of carbonyl (C=O) groups excluding carboxylic acids is 2. The molecule has 1 saturated heterocycles. The summed E-state index contributed by atoms with van der Waals surface area (Å²) in [5, 5.41) is 12.3. The Labute approximate surface area is 216 Å². The molecule has 3 aromatic rings. The number of H-pyrrole nitrogens is 1. The van der Waals surface area contributed by atoms with Crippen LogP contribution in [0.4, 0.5) is 5.69 Å². The van der Waals surface area contributed by atoms with Gasteiger partial charge in [-0.2, -0.15) is 5.26 Å². The summed E-state index contributed by atoms with van der Waals surface area (Å²) in [6.45, 7) is 5.92. The van der Waals surface area contributed by atoms with Gasteiger partial charge in [-0.3, -0.25) is 4.79 Å². The minimum Gasteiger partial charge on any atom is -0.464 e. The van der Waals surface area contributed by atoms with Crippen molar-refractivity contribution in [1.29, 1.82) is 5.26 Å². The van der Waals surface area contributed by atoms with Crippen LogP contribution < -0.4 is 5.32 Å². The zero-order chi connectivity index (χ0) is 26.3. The molecule has 1 aliphatic heterocycles. The first kappa shape index (κ1) is 26.2. The molecule has 0 bridgehead atoms. The molecule has 9 nitrogen and oxygen atoms in total. The molecule has 1 aromatic heterocycles. The van der Waals surface area contributed by atoms with Gasteiger partial charge in [0.15, 0.2) is 0 Å². The van der Waals surface area contributed by atoms with E-state index in [9.17, 15) is 9.59 Å². The van der Waals surface area contributed by atoms with Gasteiger partial charge < -0.3 is 24.7 Å². The quantitative estimate of drug-likeness (QED) is 0.384. The van der Waals surface area contributed by atoms with E-state index in [0.717, 1.165) is 54.0 Å². The van der Waals surface area contributed by atoms with Crippen molar-refractivity contribution in [2.24, 2.45) is 0 Å². The van der Waals surface area contributed by atoms with E-state index in [1.54, 1.807) is 19.1 Å². The third-order valence-electron chi connectivity index (χ3n) is 6.65. The van der Waals surface area contributed by atoms with Gasteiger partial charge >= 0.3 is 5.97 Å². The zero-order valence-electron chi connectivity index (χ0n) is 21.4. The smallest absolute Gasteiger partial charge is 0.332 e. The van der Waals surface area contributed by atoms with Crippen LogP contribution in [0.2, 0.25) is 0 Å². The number of hydrogen-bond donors (Lipinski definition) is 2. The lowest BCUT2D eigenvalue weighted by molar-refractivity contribution is -0.151. The molecule has 0 spiro atoms. The average molecular weight is 504 g/mol. The second-order valence-corrected chi connectivity index (χ2v) is 9.41. The lowest BCUT2D eigenvalue weighted by Gasteiger charge is -2.32. The number of nitrogens with one attached hydrogen (secondary N) is 2. The third-order valence-corrected chi connectivity index (χ3v) is 6.65. The summed E-state index contributed by atoms with van der Waals surface area (Å²) in [5.41, 5.74) is 3.09. The third kappa shape index (κ3) is 6.27. The summed E-state index contributed by atoms with van der Waals surface area (Å²) in [4.78, 5) is 35.4. The number of fused-ring (bicyclic) bond motifs is 1. The van der Waals surface area contributed by atoms with Gasteiger partial charge in [0.05, 0.1) is 41.3 Å². The molecule has 2 N–H and O–H groups in total. The Morgan fingerprint density at radius 2 is 1.95 bits per heavy atom. The van der Waals surface area contributed by atoms with Gasteiger partial charge in [0, 0.05) is 31.7 Å². The van der Waals surface area contributed by atoms with E-state index >= 15 is 0 Å². The van der Waals surface area contributed by atoms with Gasteiger partial charge in [-0.05, 0) is 68.7 Å². The molecule has 1 amide bonds. The topological polar surface area (TPSA) is 120 Å². The van der Waals surface area contributed by atoms with Crippen LogP contribution in [0.5, 0.6) is 0 Å². The second-order valence-electron chi connectivity index (χ2n) is 9.41. The van der Waals surface area contributed by atoms with Gasteiger partial charge in [-0.1, -0.05) is 6.07 Å². The minimum absolute atomic E-state index is 0.000403. The minimum atomic E-state index is -0.951. The maximum atomic E-state index is 13.6. The number of carbonyl (C=O) groups is 2. The van der Waals surface area contributed by atoms with Crippen molar-refractivity contribution in [2.75, 3.05) is 44.8 Å². The predicted molar refractivity (Wildman–Crippen MR) is 140 cm³/mol. The number of benzene rings is 2. The first-order valence-electron chi connectivity index (χ1n) is 12.7. The number of likely N-dealkylation sites (tertiary alicyclic amines) is 1. The Kier molecular flexibility index (Phi) is 8.41. The van der Waals surface area contributed by atoms with E-state index in [1.807, 2.05) is 42.2 Å². The molecule has 0 saturated carbocycles.